The van der Waals surface area contributed by atoms with E-state index >= 15 is 0 Å². The van der Waals surface area contributed by atoms with E-state index in [4.69, 9.17) is 0 Å². The number of nitrogens with zero attached hydrogens (tertiary/aromatic N) is 1. The number of rotatable bonds is 4. The summed E-state index contributed by atoms with van der Waals surface area (Å²) in [6, 6.07) is 2.52. The number of alkyl halides is 2. The molecule has 1 aromatic heterocycles. The number of ether oxygens (including phenoxy) is 1. The lowest BCUT2D eigenvalue weighted by molar-refractivity contribution is -0.0528. The Bertz CT molecular complexity index is 329. The van der Waals surface area contributed by atoms with Gasteiger partial charge in [0.05, 0.1) is 5.56 Å². The van der Waals surface area contributed by atoms with Crippen LogP contribution in [0.25, 0.3) is 0 Å². The van der Waals surface area contributed by atoms with Crippen LogP contribution < -0.4 is 15.6 Å². The first-order chi connectivity index (χ1) is 7.13. The van der Waals surface area contributed by atoms with Crippen LogP contribution in [0.5, 0.6) is 5.88 Å². The molecule has 0 radical (unpaired) electrons. The third-order valence-corrected chi connectivity index (χ3v) is 1.45. The zero-order chi connectivity index (χ0) is 11.3. The molecule has 0 unspecified atom stereocenters. The zero-order valence-corrected chi connectivity index (χ0v) is 7.83. The van der Waals surface area contributed by atoms with Crippen LogP contribution in [0.4, 0.5) is 8.78 Å². The van der Waals surface area contributed by atoms with Gasteiger partial charge in [0.15, 0.2) is 0 Å². The second-order valence-corrected chi connectivity index (χ2v) is 2.47. The van der Waals surface area contributed by atoms with Crippen molar-refractivity contribution in [3.8, 4) is 5.88 Å². The van der Waals surface area contributed by atoms with E-state index in [0.29, 0.717) is 0 Å². The van der Waals surface area contributed by atoms with Gasteiger partial charge in [-0.15, -0.1) is 0 Å². The molecule has 0 saturated heterocycles. The highest BCUT2D eigenvalue weighted by Crippen LogP contribution is 2.10. The molecule has 0 aliphatic rings. The van der Waals surface area contributed by atoms with Crippen LogP contribution in [0.2, 0.25) is 0 Å². The maximum Gasteiger partial charge on any atom is 0.388 e. The molecule has 1 rings (SSSR count). The van der Waals surface area contributed by atoms with Crippen molar-refractivity contribution < 1.29 is 18.3 Å². The molecule has 1 aromatic rings. The van der Waals surface area contributed by atoms with Crippen LogP contribution in [-0.4, -0.2) is 24.6 Å². The Labute approximate surface area is 84.4 Å². The molecule has 5 nitrogen and oxygen atoms in total. The lowest BCUT2D eigenvalue weighted by Gasteiger charge is -2.04. The van der Waals surface area contributed by atoms with E-state index in [-0.39, 0.29) is 11.4 Å². The van der Waals surface area contributed by atoms with Crippen molar-refractivity contribution in [3.63, 3.8) is 0 Å². The molecule has 0 spiro atoms. The lowest BCUT2D eigenvalue weighted by atomic mass is 10.3. The summed E-state index contributed by atoms with van der Waals surface area (Å²) in [5.74, 6) is -0.639. The minimum absolute atomic E-state index is 0.231. The summed E-state index contributed by atoms with van der Waals surface area (Å²) < 4.78 is 27.5. The smallest absolute Gasteiger partial charge is 0.388 e. The van der Waals surface area contributed by atoms with Crippen LogP contribution >= 0.6 is 0 Å². The number of hydrazine groups is 1. The quantitative estimate of drug-likeness (QED) is 0.723. The standard InChI is InChI=1S/C8H9F2N3O2/c1-11-13-7(14)5-2-3-6(12-4-5)15-8(9)10/h2-4,8,11H,1H3,(H,13,14). The molecule has 0 fully saturated rings. The maximum atomic E-state index is 11.7. The van der Waals surface area contributed by atoms with E-state index in [1.54, 1.807) is 0 Å². The average molecular weight is 217 g/mol. The van der Waals surface area contributed by atoms with E-state index in [1.807, 2.05) is 0 Å². The lowest BCUT2D eigenvalue weighted by Crippen LogP contribution is -2.34. The predicted molar refractivity (Wildman–Crippen MR) is 47.4 cm³/mol. The minimum atomic E-state index is -2.92. The van der Waals surface area contributed by atoms with Crippen LogP contribution in [0, 0.1) is 0 Å². The number of carbonyl (C=O) groups excluding carboxylic acids is 1. The molecular formula is C8H9F2N3O2. The zero-order valence-electron chi connectivity index (χ0n) is 7.83. The van der Waals surface area contributed by atoms with Gasteiger partial charge in [-0.1, -0.05) is 0 Å². The molecule has 0 aromatic carbocycles. The van der Waals surface area contributed by atoms with Gasteiger partial charge in [-0.05, 0) is 6.07 Å². The summed E-state index contributed by atoms with van der Waals surface area (Å²) in [5, 5.41) is 0. The summed E-state index contributed by atoms with van der Waals surface area (Å²) in [4.78, 5) is 14.7. The molecule has 0 saturated carbocycles. The van der Waals surface area contributed by atoms with Gasteiger partial charge in [0.25, 0.3) is 5.91 Å². The van der Waals surface area contributed by atoms with Crippen LogP contribution in [0.15, 0.2) is 18.3 Å². The van der Waals surface area contributed by atoms with E-state index in [2.05, 4.69) is 20.6 Å². The molecule has 7 heteroatoms. The fraction of sp³-hybridized carbons (Fsp3) is 0.250. The average Bonchev–Trinajstić information content (AvgIpc) is 2.18. The van der Waals surface area contributed by atoms with Crippen molar-refractivity contribution in [3.05, 3.63) is 23.9 Å². The molecule has 1 heterocycles. The Morgan fingerprint density at radius 2 is 2.27 bits per heavy atom. The molecule has 0 aliphatic carbocycles. The SMILES string of the molecule is CNNC(=O)c1ccc(OC(F)F)nc1. The highest BCUT2D eigenvalue weighted by atomic mass is 19.3. The number of nitrogens with one attached hydrogen (secondary N) is 2. The summed E-state index contributed by atoms with van der Waals surface area (Å²) in [7, 11) is 1.53. The molecule has 0 atom stereocenters. The highest BCUT2D eigenvalue weighted by molar-refractivity contribution is 5.93. The Balaban J connectivity index is 2.67. The second kappa shape index (κ2) is 5.20. The first-order valence-electron chi connectivity index (χ1n) is 4.01. The summed E-state index contributed by atoms with van der Waals surface area (Å²) >= 11 is 0. The largest absolute Gasteiger partial charge is 0.417 e. The Morgan fingerprint density at radius 1 is 1.53 bits per heavy atom. The summed E-state index contributed by atoms with van der Waals surface area (Å²) in [6.45, 7) is -2.92. The van der Waals surface area contributed by atoms with Crippen molar-refractivity contribution in [2.24, 2.45) is 0 Å². The second-order valence-electron chi connectivity index (χ2n) is 2.47. The normalized spacial score (nSPS) is 10.1. The van der Waals surface area contributed by atoms with E-state index in [9.17, 15) is 13.6 Å². The Kier molecular flexibility index (Phi) is 3.92. The van der Waals surface area contributed by atoms with Crippen molar-refractivity contribution in [2.75, 3.05) is 7.05 Å². The number of hydrogen-bond acceptors (Lipinski definition) is 4. The third-order valence-electron chi connectivity index (χ3n) is 1.45. The first kappa shape index (κ1) is 11.3. The van der Waals surface area contributed by atoms with Gasteiger partial charge in [0, 0.05) is 19.3 Å². The molecule has 0 aliphatic heterocycles. The van der Waals surface area contributed by atoms with Crippen molar-refractivity contribution >= 4 is 5.91 Å². The third kappa shape index (κ3) is 3.47. The minimum Gasteiger partial charge on any atom is -0.417 e. The van der Waals surface area contributed by atoms with Crippen LogP contribution in [0.3, 0.4) is 0 Å². The fourth-order valence-electron chi connectivity index (χ4n) is 0.861. The number of halogens is 2. The Morgan fingerprint density at radius 3 is 2.73 bits per heavy atom. The highest BCUT2D eigenvalue weighted by Gasteiger charge is 2.08. The van der Waals surface area contributed by atoms with E-state index < -0.39 is 12.5 Å². The summed E-state index contributed by atoms with van der Waals surface area (Å²) in [5.41, 5.74) is 4.98. The molecule has 15 heavy (non-hydrogen) atoms. The van der Waals surface area contributed by atoms with Crippen LogP contribution in [0.1, 0.15) is 10.4 Å². The summed E-state index contributed by atoms with van der Waals surface area (Å²) in [6.07, 6.45) is 1.14. The number of amides is 1. The molecule has 2 N–H and O–H groups in total. The topological polar surface area (TPSA) is 63.2 Å². The van der Waals surface area contributed by atoms with Gasteiger partial charge >= 0.3 is 6.61 Å². The van der Waals surface area contributed by atoms with Gasteiger partial charge in [-0.2, -0.15) is 8.78 Å². The van der Waals surface area contributed by atoms with Gasteiger partial charge < -0.3 is 4.74 Å². The van der Waals surface area contributed by atoms with Crippen molar-refractivity contribution in [1.29, 1.82) is 0 Å². The van der Waals surface area contributed by atoms with Crippen molar-refractivity contribution in [2.45, 2.75) is 6.61 Å². The molecule has 0 bridgehead atoms. The van der Waals surface area contributed by atoms with Gasteiger partial charge in [0.1, 0.15) is 0 Å². The van der Waals surface area contributed by atoms with Crippen LogP contribution in [-0.2, 0) is 0 Å². The first-order valence-corrected chi connectivity index (χ1v) is 4.01. The number of hydrogen-bond donors (Lipinski definition) is 2. The Hall–Kier alpha value is -1.76. The predicted octanol–water partition coefficient (Wildman–Crippen LogP) is 0.547. The fourth-order valence-corrected chi connectivity index (χ4v) is 0.861. The monoisotopic (exact) mass is 217 g/mol. The van der Waals surface area contributed by atoms with E-state index in [0.717, 1.165) is 6.20 Å². The molecular weight excluding hydrogens is 208 g/mol. The van der Waals surface area contributed by atoms with Gasteiger partial charge in [-0.25, -0.2) is 10.4 Å². The van der Waals surface area contributed by atoms with Gasteiger partial charge in [0.2, 0.25) is 5.88 Å². The number of aromatic nitrogens is 1. The molecule has 1 amide bonds. The maximum absolute atomic E-state index is 11.7. The van der Waals surface area contributed by atoms with E-state index in [1.165, 1.54) is 19.2 Å². The number of pyridine rings is 1. The molecule has 82 valence electrons. The van der Waals surface area contributed by atoms with Gasteiger partial charge in [-0.3, -0.25) is 10.2 Å². The number of carbonyl (C=O) groups is 1. The van der Waals surface area contributed by atoms with Crippen molar-refractivity contribution in [1.82, 2.24) is 15.8 Å².